The Balaban J connectivity index is 1.58. The number of benzene rings is 2. The highest BCUT2D eigenvalue weighted by atomic mass is 15.4. The standard InChI is InChI=1S/C19H19N5/c1-23(14-15-7-3-2-4-8-15)18-13-20-22-19(21-18)24-12-11-16-9-5-6-10-17(16)24/h2-10,13H,11-12,14H2,1H3. The summed E-state index contributed by atoms with van der Waals surface area (Å²) in [6, 6.07) is 18.8. The van der Waals surface area contributed by atoms with Crippen LogP contribution in [0.1, 0.15) is 11.1 Å². The lowest BCUT2D eigenvalue weighted by Crippen LogP contribution is -2.22. The highest BCUT2D eigenvalue weighted by molar-refractivity contribution is 5.65. The Morgan fingerprint density at radius 1 is 1.04 bits per heavy atom. The largest absolute Gasteiger partial charge is 0.354 e. The van der Waals surface area contributed by atoms with E-state index in [9.17, 15) is 0 Å². The van der Waals surface area contributed by atoms with E-state index in [0.717, 1.165) is 25.3 Å². The van der Waals surface area contributed by atoms with Crippen LogP contribution in [-0.4, -0.2) is 28.8 Å². The number of hydrogen-bond donors (Lipinski definition) is 0. The predicted molar refractivity (Wildman–Crippen MR) is 95.5 cm³/mol. The van der Waals surface area contributed by atoms with Crippen molar-refractivity contribution in [2.75, 3.05) is 23.4 Å². The van der Waals surface area contributed by atoms with Gasteiger partial charge in [-0.3, -0.25) is 0 Å². The van der Waals surface area contributed by atoms with Crippen molar-refractivity contribution < 1.29 is 0 Å². The molecule has 0 amide bonds. The normalized spacial score (nSPS) is 13.0. The fraction of sp³-hybridized carbons (Fsp3) is 0.211. The topological polar surface area (TPSA) is 45.2 Å². The molecule has 1 aliphatic rings. The Labute approximate surface area is 141 Å². The summed E-state index contributed by atoms with van der Waals surface area (Å²) in [7, 11) is 2.03. The fourth-order valence-corrected chi connectivity index (χ4v) is 3.07. The molecule has 1 aromatic heterocycles. The second-order valence-corrected chi connectivity index (χ2v) is 5.99. The Kier molecular flexibility index (Phi) is 3.83. The maximum atomic E-state index is 4.73. The summed E-state index contributed by atoms with van der Waals surface area (Å²) in [5.74, 6) is 1.49. The van der Waals surface area contributed by atoms with Gasteiger partial charge in [-0.05, 0) is 23.6 Å². The molecule has 0 aliphatic carbocycles. The lowest BCUT2D eigenvalue weighted by atomic mass is 10.2. The molecule has 0 unspecified atom stereocenters. The van der Waals surface area contributed by atoms with Crippen LogP contribution in [0.2, 0.25) is 0 Å². The summed E-state index contributed by atoms with van der Waals surface area (Å²) in [5.41, 5.74) is 3.76. The zero-order valence-corrected chi connectivity index (χ0v) is 13.6. The van der Waals surface area contributed by atoms with Crippen LogP contribution >= 0.6 is 0 Å². The molecule has 2 aromatic carbocycles. The van der Waals surface area contributed by atoms with Gasteiger partial charge in [-0.2, -0.15) is 10.1 Å². The van der Waals surface area contributed by atoms with Crippen LogP contribution in [0.3, 0.4) is 0 Å². The van der Waals surface area contributed by atoms with Crippen molar-refractivity contribution in [1.82, 2.24) is 15.2 Å². The highest BCUT2D eigenvalue weighted by Gasteiger charge is 2.22. The third kappa shape index (κ3) is 2.80. The molecule has 24 heavy (non-hydrogen) atoms. The second-order valence-electron chi connectivity index (χ2n) is 5.99. The Morgan fingerprint density at radius 3 is 2.71 bits per heavy atom. The predicted octanol–water partition coefficient (Wildman–Crippen LogP) is 3.20. The Hall–Kier alpha value is -2.95. The summed E-state index contributed by atoms with van der Waals surface area (Å²) in [6.07, 6.45) is 2.73. The van der Waals surface area contributed by atoms with Crippen LogP contribution in [0.15, 0.2) is 60.8 Å². The third-order valence-corrected chi connectivity index (χ3v) is 4.32. The molecule has 5 heteroatoms. The van der Waals surface area contributed by atoms with Gasteiger partial charge in [0.15, 0.2) is 5.82 Å². The molecule has 0 N–H and O–H groups in total. The van der Waals surface area contributed by atoms with Crippen molar-refractivity contribution in [3.8, 4) is 0 Å². The zero-order chi connectivity index (χ0) is 16.4. The van der Waals surface area contributed by atoms with Gasteiger partial charge in [-0.1, -0.05) is 48.5 Å². The summed E-state index contributed by atoms with van der Waals surface area (Å²) >= 11 is 0. The van der Waals surface area contributed by atoms with Gasteiger partial charge in [0.25, 0.3) is 5.95 Å². The van der Waals surface area contributed by atoms with Crippen molar-refractivity contribution in [2.24, 2.45) is 0 Å². The lowest BCUT2D eigenvalue weighted by Gasteiger charge is -2.21. The molecule has 0 spiro atoms. The Morgan fingerprint density at radius 2 is 1.83 bits per heavy atom. The van der Waals surface area contributed by atoms with Gasteiger partial charge in [0.1, 0.15) is 0 Å². The molecule has 0 atom stereocenters. The Bertz CT molecular complexity index is 834. The van der Waals surface area contributed by atoms with Crippen molar-refractivity contribution in [1.29, 1.82) is 0 Å². The van der Waals surface area contributed by atoms with Gasteiger partial charge in [0, 0.05) is 25.8 Å². The van der Waals surface area contributed by atoms with Gasteiger partial charge in [-0.15, -0.1) is 5.10 Å². The minimum absolute atomic E-state index is 0.664. The van der Waals surface area contributed by atoms with Crippen molar-refractivity contribution >= 4 is 17.5 Å². The highest BCUT2D eigenvalue weighted by Crippen LogP contribution is 2.32. The van der Waals surface area contributed by atoms with Gasteiger partial charge in [0.2, 0.25) is 0 Å². The van der Waals surface area contributed by atoms with Crippen molar-refractivity contribution in [3.05, 3.63) is 71.9 Å². The number of aromatic nitrogens is 3. The number of nitrogens with zero attached hydrogens (tertiary/aromatic N) is 5. The first-order chi connectivity index (χ1) is 11.8. The van der Waals surface area contributed by atoms with Crippen LogP contribution in [0.5, 0.6) is 0 Å². The van der Waals surface area contributed by atoms with E-state index >= 15 is 0 Å². The van der Waals surface area contributed by atoms with Crippen molar-refractivity contribution in [2.45, 2.75) is 13.0 Å². The molecule has 0 saturated carbocycles. The monoisotopic (exact) mass is 317 g/mol. The van der Waals surface area contributed by atoms with Crippen LogP contribution in [-0.2, 0) is 13.0 Å². The SMILES string of the molecule is CN(Cc1ccccc1)c1cnnc(N2CCc3ccccc32)n1. The fourth-order valence-electron chi connectivity index (χ4n) is 3.07. The van der Waals surface area contributed by atoms with Gasteiger partial charge in [0.05, 0.1) is 6.20 Å². The minimum atomic E-state index is 0.664. The quantitative estimate of drug-likeness (QED) is 0.739. The summed E-state index contributed by atoms with van der Waals surface area (Å²) in [5, 5.41) is 8.42. The number of anilines is 3. The molecular weight excluding hydrogens is 298 g/mol. The van der Waals surface area contributed by atoms with E-state index in [1.54, 1.807) is 6.20 Å². The molecule has 120 valence electrons. The molecule has 0 fully saturated rings. The molecule has 0 saturated heterocycles. The smallest absolute Gasteiger partial charge is 0.251 e. The van der Waals surface area contributed by atoms with Crippen molar-refractivity contribution in [3.63, 3.8) is 0 Å². The molecule has 1 aliphatic heterocycles. The second kappa shape index (κ2) is 6.28. The van der Waals surface area contributed by atoms with Gasteiger partial charge < -0.3 is 9.80 Å². The summed E-state index contributed by atoms with van der Waals surface area (Å²) < 4.78 is 0. The maximum Gasteiger partial charge on any atom is 0.251 e. The first kappa shape index (κ1) is 14.6. The summed E-state index contributed by atoms with van der Waals surface area (Å²) in [4.78, 5) is 8.96. The average molecular weight is 317 g/mol. The minimum Gasteiger partial charge on any atom is -0.354 e. The van der Waals surface area contributed by atoms with E-state index < -0.39 is 0 Å². The number of hydrogen-bond acceptors (Lipinski definition) is 5. The molecule has 2 heterocycles. The van der Waals surface area contributed by atoms with E-state index in [1.807, 2.05) is 25.2 Å². The average Bonchev–Trinajstić information content (AvgIpc) is 3.07. The molecular formula is C19H19N5. The van der Waals surface area contributed by atoms with E-state index in [1.165, 1.54) is 16.8 Å². The van der Waals surface area contributed by atoms with Gasteiger partial charge in [-0.25, -0.2) is 0 Å². The number of para-hydroxylation sites is 1. The maximum absolute atomic E-state index is 4.73. The first-order valence-electron chi connectivity index (χ1n) is 8.11. The van der Waals surface area contributed by atoms with E-state index in [0.29, 0.717) is 5.95 Å². The molecule has 5 nitrogen and oxygen atoms in total. The van der Waals surface area contributed by atoms with Gasteiger partial charge >= 0.3 is 0 Å². The van der Waals surface area contributed by atoms with Crippen LogP contribution < -0.4 is 9.80 Å². The molecule has 4 rings (SSSR count). The number of fused-ring (bicyclic) bond motifs is 1. The zero-order valence-electron chi connectivity index (χ0n) is 13.6. The van der Waals surface area contributed by atoms with E-state index in [4.69, 9.17) is 4.98 Å². The van der Waals surface area contributed by atoms with Crippen LogP contribution in [0, 0.1) is 0 Å². The lowest BCUT2D eigenvalue weighted by molar-refractivity contribution is 0.837. The third-order valence-electron chi connectivity index (χ3n) is 4.32. The summed E-state index contributed by atoms with van der Waals surface area (Å²) in [6.45, 7) is 1.68. The number of rotatable bonds is 4. The van der Waals surface area contributed by atoms with Crippen LogP contribution in [0.25, 0.3) is 0 Å². The first-order valence-corrected chi connectivity index (χ1v) is 8.11. The van der Waals surface area contributed by atoms with Crippen LogP contribution in [0.4, 0.5) is 17.5 Å². The molecule has 3 aromatic rings. The molecule has 0 bridgehead atoms. The van der Waals surface area contributed by atoms with E-state index in [2.05, 4.69) is 56.4 Å². The van der Waals surface area contributed by atoms with E-state index in [-0.39, 0.29) is 0 Å². The molecule has 0 radical (unpaired) electrons.